The van der Waals surface area contributed by atoms with Crippen LogP contribution in [-0.2, 0) is 6.54 Å². The Morgan fingerprint density at radius 1 is 1.36 bits per heavy atom. The number of piperidine rings is 1. The van der Waals surface area contributed by atoms with E-state index in [0.717, 1.165) is 5.56 Å². The molecule has 0 amide bonds. The summed E-state index contributed by atoms with van der Waals surface area (Å²) in [6, 6.07) is 6.99. The summed E-state index contributed by atoms with van der Waals surface area (Å²) in [5, 5.41) is 18.6. The van der Waals surface area contributed by atoms with Crippen molar-refractivity contribution in [2.24, 2.45) is 0 Å². The number of hydrogen-bond donors (Lipinski definition) is 1. The Kier molecular flexibility index (Phi) is 4.63. The lowest BCUT2D eigenvalue weighted by molar-refractivity contribution is -0.272. The van der Waals surface area contributed by atoms with Crippen LogP contribution in [0.2, 0.25) is 0 Å². The van der Waals surface area contributed by atoms with Crippen molar-refractivity contribution in [1.29, 1.82) is 5.26 Å². The van der Waals surface area contributed by atoms with Gasteiger partial charge in [-0.05, 0) is 31.0 Å². The minimum atomic E-state index is -4.60. The number of rotatable bonds is 3. The molecule has 0 radical (unpaired) electrons. The Morgan fingerprint density at radius 3 is 2.50 bits per heavy atom. The van der Waals surface area contributed by atoms with Crippen LogP contribution in [0.4, 0.5) is 13.2 Å². The fourth-order valence-corrected chi connectivity index (χ4v) is 2.58. The first kappa shape index (κ1) is 16.6. The van der Waals surface area contributed by atoms with Gasteiger partial charge in [-0.1, -0.05) is 0 Å². The third-order valence-corrected chi connectivity index (χ3v) is 4.01. The molecule has 2 rings (SSSR count). The van der Waals surface area contributed by atoms with Crippen molar-refractivity contribution in [2.45, 2.75) is 31.2 Å². The molecule has 1 fully saturated rings. The highest BCUT2D eigenvalue weighted by atomic mass is 19.4. The Morgan fingerprint density at radius 2 is 2.00 bits per heavy atom. The second-order valence-corrected chi connectivity index (χ2v) is 5.44. The molecule has 0 unspecified atom stereocenters. The number of ether oxygens (including phenoxy) is 1. The highest BCUT2D eigenvalue weighted by Crippen LogP contribution is 2.38. The zero-order valence-corrected chi connectivity index (χ0v) is 12.2. The lowest BCUT2D eigenvalue weighted by Gasteiger charge is -2.39. The Labute approximate surface area is 126 Å². The van der Waals surface area contributed by atoms with Crippen molar-refractivity contribution < 1.29 is 23.0 Å². The normalized spacial score (nSPS) is 18.7. The average molecular weight is 314 g/mol. The van der Waals surface area contributed by atoms with Crippen LogP contribution in [0.5, 0.6) is 5.75 Å². The third kappa shape index (κ3) is 3.34. The lowest BCUT2D eigenvalue weighted by atomic mass is 9.90. The SMILES string of the molecule is COc1ccc(C#N)cc1CN1CCC(O)(C(F)(F)F)CC1. The molecule has 1 heterocycles. The van der Waals surface area contributed by atoms with E-state index in [1.165, 1.54) is 7.11 Å². The molecular formula is C15H17F3N2O2. The number of benzene rings is 1. The molecule has 1 N–H and O–H groups in total. The topological polar surface area (TPSA) is 56.5 Å². The van der Waals surface area contributed by atoms with Crippen LogP contribution in [0, 0.1) is 11.3 Å². The second kappa shape index (κ2) is 6.15. The van der Waals surface area contributed by atoms with Gasteiger partial charge in [0.1, 0.15) is 5.75 Å². The fraction of sp³-hybridized carbons (Fsp3) is 0.533. The van der Waals surface area contributed by atoms with Gasteiger partial charge in [-0.25, -0.2) is 0 Å². The highest BCUT2D eigenvalue weighted by molar-refractivity contribution is 5.42. The van der Waals surface area contributed by atoms with E-state index in [1.54, 1.807) is 18.2 Å². The molecule has 0 spiro atoms. The molecule has 1 aliphatic heterocycles. The summed E-state index contributed by atoms with van der Waals surface area (Å²) in [5.74, 6) is 0.593. The molecule has 0 atom stereocenters. The van der Waals surface area contributed by atoms with Gasteiger partial charge in [0.05, 0.1) is 18.7 Å². The van der Waals surface area contributed by atoms with Gasteiger partial charge < -0.3 is 9.84 Å². The van der Waals surface area contributed by atoms with Crippen molar-refractivity contribution >= 4 is 0 Å². The number of alkyl halides is 3. The summed E-state index contributed by atoms with van der Waals surface area (Å²) in [4.78, 5) is 1.82. The van der Waals surface area contributed by atoms with Crippen LogP contribution in [0.15, 0.2) is 18.2 Å². The van der Waals surface area contributed by atoms with Gasteiger partial charge >= 0.3 is 6.18 Å². The maximum absolute atomic E-state index is 12.8. The monoisotopic (exact) mass is 314 g/mol. The Balaban J connectivity index is 2.07. The molecule has 22 heavy (non-hydrogen) atoms. The van der Waals surface area contributed by atoms with E-state index in [1.807, 2.05) is 11.0 Å². The van der Waals surface area contributed by atoms with Crippen LogP contribution in [-0.4, -0.2) is 42.0 Å². The summed E-state index contributed by atoms with van der Waals surface area (Å²) >= 11 is 0. The molecule has 7 heteroatoms. The Hall–Kier alpha value is -1.78. The minimum Gasteiger partial charge on any atom is -0.496 e. The number of nitrogens with zero attached hydrogens (tertiary/aromatic N) is 2. The first-order chi connectivity index (χ1) is 10.3. The standard InChI is InChI=1S/C15H17F3N2O2/c1-22-13-3-2-11(9-19)8-12(13)10-20-6-4-14(21,5-7-20)15(16,17)18/h2-3,8,21H,4-7,10H2,1H3. The van der Waals surface area contributed by atoms with E-state index in [2.05, 4.69) is 0 Å². The van der Waals surface area contributed by atoms with Gasteiger partial charge in [0, 0.05) is 25.2 Å². The van der Waals surface area contributed by atoms with Crippen molar-refractivity contribution in [3.8, 4) is 11.8 Å². The van der Waals surface area contributed by atoms with Gasteiger partial charge in [-0.3, -0.25) is 4.90 Å². The number of hydrogen-bond acceptors (Lipinski definition) is 4. The summed E-state index contributed by atoms with van der Waals surface area (Å²) in [7, 11) is 1.50. The van der Waals surface area contributed by atoms with Crippen LogP contribution >= 0.6 is 0 Å². The molecule has 120 valence electrons. The molecule has 1 aromatic carbocycles. The first-order valence-electron chi connectivity index (χ1n) is 6.87. The van der Waals surface area contributed by atoms with Gasteiger partial charge in [0.2, 0.25) is 0 Å². The predicted octanol–water partition coefficient (Wildman–Crippen LogP) is 2.46. The largest absolute Gasteiger partial charge is 0.496 e. The van der Waals surface area contributed by atoms with Gasteiger partial charge in [-0.15, -0.1) is 0 Å². The molecule has 0 bridgehead atoms. The van der Waals surface area contributed by atoms with Crippen molar-refractivity contribution in [1.82, 2.24) is 4.90 Å². The maximum Gasteiger partial charge on any atom is 0.417 e. The molecule has 1 aliphatic rings. The van der Waals surface area contributed by atoms with Crippen molar-refractivity contribution in [3.05, 3.63) is 29.3 Å². The Bertz CT molecular complexity index is 573. The first-order valence-corrected chi connectivity index (χ1v) is 6.87. The van der Waals surface area contributed by atoms with E-state index in [9.17, 15) is 18.3 Å². The molecule has 0 aromatic heterocycles. The maximum atomic E-state index is 12.8. The average Bonchev–Trinajstić information content (AvgIpc) is 2.48. The fourth-order valence-electron chi connectivity index (χ4n) is 2.58. The summed E-state index contributed by atoms with van der Waals surface area (Å²) in [5.41, 5.74) is -1.37. The number of nitriles is 1. The second-order valence-electron chi connectivity index (χ2n) is 5.44. The van der Waals surface area contributed by atoms with E-state index in [4.69, 9.17) is 10.00 Å². The lowest BCUT2D eigenvalue weighted by Crippen LogP contribution is -2.53. The molecule has 0 aliphatic carbocycles. The van der Waals surface area contributed by atoms with Crippen LogP contribution in [0.3, 0.4) is 0 Å². The van der Waals surface area contributed by atoms with E-state index >= 15 is 0 Å². The molecule has 4 nitrogen and oxygen atoms in total. The van der Waals surface area contributed by atoms with Crippen LogP contribution in [0.1, 0.15) is 24.0 Å². The zero-order valence-electron chi connectivity index (χ0n) is 12.2. The van der Waals surface area contributed by atoms with Crippen LogP contribution < -0.4 is 4.74 Å². The van der Waals surface area contributed by atoms with E-state index in [-0.39, 0.29) is 25.9 Å². The smallest absolute Gasteiger partial charge is 0.417 e. The number of aliphatic hydroxyl groups is 1. The molecule has 0 saturated carbocycles. The zero-order chi connectivity index (χ0) is 16.4. The van der Waals surface area contributed by atoms with E-state index in [0.29, 0.717) is 17.9 Å². The van der Waals surface area contributed by atoms with Gasteiger partial charge in [0.15, 0.2) is 5.60 Å². The minimum absolute atomic E-state index is 0.135. The summed E-state index contributed by atoms with van der Waals surface area (Å²) < 4.78 is 43.5. The number of likely N-dealkylation sites (tertiary alicyclic amines) is 1. The van der Waals surface area contributed by atoms with Crippen LogP contribution in [0.25, 0.3) is 0 Å². The summed E-state index contributed by atoms with van der Waals surface area (Å²) in [6.07, 6.45) is -5.30. The molecular weight excluding hydrogens is 297 g/mol. The quantitative estimate of drug-likeness (QED) is 0.931. The summed E-state index contributed by atoms with van der Waals surface area (Å²) in [6.45, 7) is 0.651. The predicted molar refractivity (Wildman–Crippen MR) is 73.2 cm³/mol. The van der Waals surface area contributed by atoms with Crippen molar-refractivity contribution in [2.75, 3.05) is 20.2 Å². The van der Waals surface area contributed by atoms with Crippen molar-refractivity contribution in [3.63, 3.8) is 0 Å². The highest BCUT2D eigenvalue weighted by Gasteiger charge is 2.54. The number of methoxy groups -OCH3 is 1. The van der Waals surface area contributed by atoms with E-state index < -0.39 is 11.8 Å². The number of halogens is 3. The third-order valence-electron chi connectivity index (χ3n) is 4.01. The van der Waals surface area contributed by atoms with Gasteiger partial charge in [0.25, 0.3) is 0 Å². The molecule has 1 aromatic rings. The van der Waals surface area contributed by atoms with Gasteiger partial charge in [-0.2, -0.15) is 18.4 Å². The molecule has 1 saturated heterocycles.